The summed E-state index contributed by atoms with van der Waals surface area (Å²) in [6, 6.07) is -10.0. The van der Waals surface area contributed by atoms with Crippen molar-refractivity contribution in [1.29, 1.82) is 0 Å². The maximum Gasteiger partial charge on any atom is 0.326 e. The molecule has 41 heteroatoms. The third-order valence-corrected chi connectivity index (χ3v) is 16.1. The lowest BCUT2D eigenvalue weighted by Crippen LogP contribution is -2.62. The molecule has 1 heterocycles. The molecule has 0 bridgehead atoms. The zero-order chi connectivity index (χ0) is 79.8. The Kier molecular flexibility index (Phi) is 36.5. The van der Waals surface area contributed by atoms with Gasteiger partial charge in [-0.3, -0.25) is 81.5 Å². The van der Waals surface area contributed by atoms with Gasteiger partial charge in [-0.15, -0.1) is 0 Å². The Labute approximate surface area is 605 Å². The highest BCUT2D eigenvalue weighted by Gasteiger charge is 2.43. The topological polar surface area (TPSA) is 683 Å². The second kappa shape index (κ2) is 43.6. The fourth-order valence-corrected chi connectivity index (χ4v) is 10.5. The molecule has 0 spiro atoms. The van der Waals surface area contributed by atoms with Crippen LogP contribution in [0.15, 0.2) is 54.6 Å². The van der Waals surface area contributed by atoms with Crippen molar-refractivity contribution in [2.75, 3.05) is 26.4 Å². The number of carbonyl (C=O) groups is 18. The minimum Gasteiger partial charge on any atom is -0.508 e. The van der Waals surface area contributed by atoms with Gasteiger partial charge in [0.25, 0.3) is 0 Å². The van der Waals surface area contributed by atoms with Crippen molar-refractivity contribution in [3.8, 4) is 5.75 Å². The minimum atomic E-state index is -2.13. The van der Waals surface area contributed by atoms with E-state index in [-0.39, 0.29) is 50.3 Å². The zero-order valence-electron chi connectivity index (χ0n) is 58.3. The Morgan fingerprint density at radius 1 is 0.443 bits per heavy atom. The largest absolute Gasteiger partial charge is 0.508 e. The number of aliphatic carboxylic acids is 4. The number of aromatic hydroxyl groups is 1. The van der Waals surface area contributed by atoms with E-state index in [1.54, 1.807) is 32.0 Å². The average Bonchev–Trinajstić information content (AvgIpc) is 1.63. The van der Waals surface area contributed by atoms with Crippen molar-refractivity contribution in [3.63, 3.8) is 0 Å². The quantitative estimate of drug-likeness (QED) is 0.0293. The van der Waals surface area contributed by atoms with Crippen LogP contribution in [-0.4, -0.2) is 257 Å². The summed E-state index contributed by atoms with van der Waals surface area (Å²) in [4.78, 5) is 239. The SMILES string of the molecule is CC(C)CC(NC(=O)C(Cc1ccc(O)cc1)NC(=O)C(N)CO)C(=O)NC(CCC(N)=O)C(=O)NC(CC(=O)O)C(=O)NC(CO)C(=O)NC(C(=O)N1CCCC1C(=O)NC(CC(=O)O)C(=O)NC(CO)C(=O)NC(Cc1ccccc1)C(=O)NC(CCC(N)=O)C(=O)NC(CC(=O)O)C(=O)O)C(C)C. The maximum atomic E-state index is 14.4. The summed E-state index contributed by atoms with van der Waals surface area (Å²) in [5.41, 5.74) is 17.1. The van der Waals surface area contributed by atoms with Gasteiger partial charge in [0.15, 0.2) is 0 Å². The van der Waals surface area contributed by atoms with Crippen molar-refractivity contribution in [3.05, 3.63) is 65.7 Å². The van der Waals surface area contributed by atoms with Gasteiger partial charge in [-0.05, 0) is 67.2 Å². The number of rotatable bonds is 46. The van der Waals surface area contributed by atoms with E-state index in [4.69, 9.17) is 17.2 Å². The number of hydrogen-bond donors (Lipinski definition) is 22. The van der Waals surface area contributed by atoms with E-state index in [0.29, 0.717) is 11.1 Å². The van der Waals surface area contributed by atoms with Crippen LogP contribution in [0.4, 0.5) is 0 Å². The molecule has 0 aliphatic carbocycles. The number of carboxylic acid groups (broad SMARTS) is 4. The van der Waals surface area contributed by atoms with Gasteiger partial charge < -0.3 is 121 Å². The molecule has 2 aromatic carbocycles. The van der Waals surface area contributed by atoms with Crippen LogP contribution in [0.25, 0.3) is 0 Å². The first kappa shape index (κ1) is 88.8. The molecule has 25 N–H and O–H groups in total. The molecule has 13 unspecified atom stereocenters. The van der Waals surface area contributed by atoms with Crippen molar-refractivity contribution in [2.45, 2.75) is 183 Å². The van der Waals surface area contributed by atoms with Crippen molar-refractivity contribution < 1.29 is 127 Å². The number of carboxylic acids is 4. The van der Waals surface area contributed by atoms with Crippen molar-refractivity contribution in [2.24, 2.45) is 29.0 Å². The molecule has 0 aromatic heterocycles. The van der Waals surface area contributed by atoms with E-state index in [1.165, 1.54) is 50.2 Å². The van der Waals surface area contributed by atoms with Gasteiger partial charge in [0.2, 0.25) is 82.7 Å². The predicted molar refractivity (Wildman–Crippen MR) is 363 cm³/mol. The van der Waals surface area contributed by atoms with Crippen LogP contribution in [0.1, 0.15) is 103 Å². The Hall–Kier alpha value is -11.5. The van der Waals surface area contributed by atoms with E-state index in [1.807, 2.05) is 5.32 Å². The summed E-state index contributed by atoms with van der Waals surface area (Å²) in [5, 5.41) is 103. The maximum absolute atomic E-state index is 14.4. The minimum absolute atomic E-state index is 0.0914. The van der Waals surface area contributed by atoms with Gasteiger partial charge in [0, 0.05) is 32.2 Å². The molecule has 1 fully saturated rings. The number of aliphatic hydroxyl groups excluding tert-OH is 3. The number of aliphatic hydroxyl groups is 3. The van der Waals surface area contributed by atoms with E-state index in [0.717, 1.165) is 4.90 Å². The monoisotopic (exact) mass is 1500 g/mol. The molecule has 3 rings (SSSR count). The lowest BCUT2D eigenvalue weighted by atomic mass is 10.00. The van der Waals surface area contributed by atoms with E-state index in [9.17, 15) is 127 Å². The molecular formula is C65H93N15O26. The van der Waals surface area contributed by atoms with Crippen LogP contribution in [0, 0.1) is 11.8 Å². The first-order valence-electron chi connectivity index (χ1n) is 33.3. The van der Waals surface area contributed by atoms with Crippen LogP contribution in [0.5, 0.6) is 5.75 Å². The second-order valence-electron chi connectivity index (χ2n) is 25.5. The summed E-state index contributed by atoms with van der Waals surface area (Å²) >= 11 is 0. The van der Waals surface area contributed by atoms with Crippen LogP contribution >= 0.6 is 0 Å². The van der Waals surface area contributed by atoms with E-state index in [2.05, 4.69) is 53.2 Å². The normalized spacial score (nSPS) is 15.9. The molecule has 0 radical (unpaired) electrons. The van der Waals surface area contributed by atoms with Crippen molar-refractivity contribution in [1.82, 2.24) is 63.4 Å². The second-order valence-corrected chi connectivity index (χ2v) is 25.5. The Balaban J connectivity index is 1.84. The molecular weight excluding hydrogens is 1410 g/mol. The first-order valence-corrected chi connectivity index (χ1v) is 33.3. The predicted octanol–water partition coefficient (Wildman–Crippen LogP) is -8.45. The van der Waals surface area contributed by atoms with Crippen LogP contribution < -0.4 is 75.7 Å². The molecule has 1 aliphatic heterocycles. The highest BCUT2D eigenvalue weighted by atomic mass is 16.4. The Morgan fingerprint density at radius 2 is 0.811 bits per heavy atom. The van der Waals surface area contributed by atoms with Gasteiger partial charge in [-0.2, -0.15) is 0 Å². The number of phenols is 1. The molecule has 1 saturated heterocycles. The van der Waals surface area contributed by atoms with E-state index < -0.39 is 256 Å². The number of hydrogen-bond acceptors (Lipinski definition) is 23. The lowest BCUT2D eigenvalue weighted by molar-refractivity contribution is -0.147. The number of primary amides is 2. The van der Waals surface area contributed by atoms with Gasteiger partial charge in [-0.25, -0.2) is 4.79 Å². The number of nitrogens with one attached hydrogen (secondary N) is 11. The number of carbonyl (C=O) groups excluding carboxylic acids is 14. The van der Waals surface area contributed by atoms with Gasteiger partial charge >= 0.3 is 23.9 Å². The van der Waals surface area contributed by atoms with Crippen LogP contribution in [0.3, 0.4) is 0 Å². The highest BCUT2D eigenvalue weighted by molar-refractivity contribution is 6.01. The fraction of sp³-hybridized carbons (Fsp3) is 0.538. The number of amides is 14. The third-order valence-electron chi connectivity index (χ3n) is 16.1. The van der Waals surface area contributed by atoms with Crippen molar-refractivity contribution >= 4 is 107 Å². The van der Waals surface area contributed by atoms with Gasteiger partial charge in [0.05, 0.1) is 39.1 Å². The standard InChI is InChI=1S/C65H93N15O26/c1-30(2)21-38(72-58(98)39(71-53(93)35(66)27-81)23-33-12-14-34(84)15-13-33)56(96)69-36(16-18-47(67)85)54(94)74-41(24-49(87)88)59(99)78-45(29-83)62(102)79-52(31(3)4)64(104)80-20-8-11-46(80)63(103)75-42(25-50(89)90)60(100)77-44(28-82)61(101)73-40(22-32-9-6-5-7-10-32)57(97)70-37(17-19-48(68)86)55(95)76-43(65(105)106)26-51(91)92/h5-7,9-10,12-15,30-31,35-46,52,81-84H,8,11,16-29,66H2,1-4H3,(H2,67,85)(H2,68,86)(H,69,96)(H,70,97)(H,71,93)(H,72,98)(H,73,101)(H,74,94)(H,75,103)(H,76,95)(H,77,100)(H,78,99)(H,79,102)(H,87,88)(H,89,90)(H,91,92)(H,105,106). The molecule has 0 saturated carbocycles. The molecule has 2 aromatic rings. The molecule has 584 valence electrons. The molecule has 41 nitrogen and oxygen atoms in total. The van der Waals surface area contributed by atoms with Crippen LogP contribution in [0.2, 0.25) is 0 Å². The number of likely N-dealkylation sites (tertiary alicyclic amines) is 1. The Bertz CT molecular complexity index is 3490. The summed E-state index contributed by atoms with van der Waals surface area (Å²) in [6.07, 6.45) is -6.65. The van der Waals surface area contributed by atoms with Crippen LogP contribution in [-0.2, 0) is 99.1 Å². The summed E-state index contributed by atoms with van der Waals surface area (Å²) in [7, 11) is 0. The summed E-state index contributed by atoms with van der Waals surface area (Å²) in [5.74, 6) is -24.5. The number of benzene rings is 2. The number of nitrogens with two attached hydrogens (primary N) is 3. The number of phenolic OH excluding ortho intramolecular Hbond substituents is 1. The smallest absolute Gasteiger partial charge is 0.326 e. The average molecular weight is 1500 g/mol. The van der Waals surface area contributed by atoms with E-state index >= 15 is 0 Å². The third kappa shape index (κ3) is 30.1. The summed E-state index contributed by atoms with van der Waals surface area (Å²) in [6.45, 7) is 2.67. The fourth-order valence-electron chi connectivity index (χ4n) is 10.5. The Morgan fingerprint density at radius 3 is 1.25 bits per heavy atom. The summed E-state index contributed by atoms with van der Waals surface area (Å²) < 4.78 is 0. The zero-order valence-corrected chi connectivity index (χ0v) is 58.3. The highest BCUT2D eigenvalue weighted by Crippen LogP contribution is 2.22. The molecule has 1 aliphatic rings. The lowest BCUT2D eigenvalue weighted by Gasteiger charge is -2.32. The number of nitrogens with zero attached hydrogens (tertiary/aromatic N) is 1. The first-order chi connectivity index (χ1) is 49.8. The van der Waals surface area contributed by atoms with Gasteiger partial charge in [-0.1, -0.05) is 70.2 Å². The molecule has 13 atom stereocenters. The molecule has 14 amide bonds. The van der Waals surface area contributed by atoms with Gasteiger partial charge in [0.1, 0.15) is 84.3 Å². The molecule has 106 heavy (non-hydrogen) atoms.